The third kappa shape index (κ3) is 2.68. The molecular weight excluding hydrogens is 320 g/mol. The standard InChI is InChI=1S/C23H24N2O/c1-13(2)19-12-24-21(11-15(19)5)18-8-6-7-16-17-9-10-20(14(3)4)25-23(17)26-22(16)18/h6-14H,1-5H3. The van der Waals surface area contributed by atoms with Crippen LogP contribution in [0.15, 0.2) is 47.0 Å². The van der Waals surface area contributed by atoms with Gasteiger partial charge in [0.25, 0.3) is 0 Å². The molecule has 0 fully saturated rings. The third-order valence-electron chi connectivity index (χ3n) is 5.03. The molecular formula is C23H24N2O. The van der Waals surface area contributed by atoms with E-state index in [1.54, 1.807) is 0 Å². The van der Waals surface area contributed by atoms with Crippen molar-refractivity contribution in [1.29, 1.82) is 0 Å². The van der Waals surface area contributed by atoms with Crippen molar-refractivity contribution in [2.24, 2.45) is 0 Å². The fraction of sp³-hybridized carbons (Fsp3) is 0.304. The Balaban J connectivity index is 1.93. The zero-order valence-corrected chi connectivity index (χ0v) is 16.0. The smallest absolute Gasteiger partial charge is 0.227 e. The number of benzene rings is 1. The Labute approximate surface area is 154 Å². The lowest BCUT2D eigenvalue weighted by Gasteiger charge is -2.11. The average molecular weight is 344 g/mol. The van der Waals surface area contributed by atoms with E-state index in [1.165, 1.54) is 11.1 Å². The predicted octanol–water partition coefficient (Wildman–Crippen LogP) is 6.60. The maximum absolute atomic E-state index is 6.20. The maximum atomic E-state index is 6.20. The van der Waals surface area contributed by atoms with Gasteiger partial charge in [0.1, 0.15) is 5.58 Å². The van der Waals surface area contributed by atoms with Gasteiger partial charge in [-0.15, -0.1) is 0 Å². The normalized spacial score (nSPS) is 12.0. The van der Waals surface area contributed by atoms with E-state index in [0.717, 1.165) is 33.3 Å². The van der Waals surface area contributed by atoms with Crippen LogP contribution >= 0.6 is 0 Å². The summed E-state index contributed by atoms with van der Waals surface area (Å²) in [6.07, 6.45) is 1.99. The van der Waals surface area contributed by atoms with Crippen molar-refractivity contribution in [3.63, 3.8) is 0 Å². The number of hydrogen-bond acceptors (Lipinski definition) is 3. The summed E-state index contributed by atoms with van der Waals surface area (Å²) in [6.45, 7) is 10.8. The summed E-state index contributed by atoms with van der Waals surface area (Å²) in [7, 11) is 0. The van der Waals surface area contributed by atoms with Crippen LogP contribution in [0.4, 0.5) is 0 Å². The molecule has 3 nitrogen and oxygen atoms in total. The minimum absolute atomic E-state index is 0.375. The highest BCUT2D eigenvalue weighted by Gasteiger charge is 2.15. The Bertz CT molecular complexity index is 1110. The molecule has 132 valence electrons. The van der Waals surface area contributed by atoms with Gasteiger partial charge in [0.05, 0.1) is 5.69 Å². The zero-order valence-electron chi connectivity index (χ0n) is 16.0. The Morgan fingerprint density at radius 3 is 2.42 bits per heavy atom. The lowest BCUT2D eigenvalue weighted by Crippen LogP contribution is -1.95. The first-order chi connectivity index (χ1) is 12.5. The molecule has 1 aromatic carbocycles. The summed E-state index contributed by atoms with van der Waals surface area (Å²) >= 11 is 0. The molecule has 0 radical (unpaired) electrons. The molecule has 0 saturated carbocycles. The van der Waals surface area contributed by atoms with Crippen LogP contribution in [0, 0.1) is 6.92 Å². The van der Waals surface area contributed by atoms with Gasteiger partial charge in [0, 0.05) is 28.2 Å². The minimum Gasteiger partial charge on any atom is -0.437 e. The molecule has 26 heavy (non-hydrogen) atoms. The molecule has 0 bridgehead atoms. The number of para-hydroxylation sites is 1. The number of aryl methyl sites for hydroxylation is 1. The van der Waals surface area contributed by atoms with Gasteiger partial charge in [-0.3, -0.25) is 4.98 Å². The molecule has 4 rings (SSSR count). The van der Waals surface area contributed by atoms with E-state index < -0.39 is 0 Å². The molecule has 0 aliphatic heterocycles. The quantitative estimate of drug-likeness (QED) is 0.420. The van der Waals surface area contributed by atoms with Crippen molar-refractivity contribution in [2.75, 3.05) is 0 Å². The highest BCUT2D eigenvalue weighted by Crippen LogP contribution is 2.35. The first kappa shape index (κ1) is 16.8. The molecule has 0 N–H and O–H groups in total. The van der Waals surface area contributed by atoms with Gasteiger partial charge in [-0.05, 0) is 54.2 Å². The second-order valence-electron chi connectivity index (χ2n) is 7.61. The zero-order chi connectivity index (χ0) is 18.4. The number of nitrogens with zero attached hydrogens (tertiary/aromatic N) is 2. The highest BCUT2D eigenvalue weighted by molar-refractivity contribution is 6.08. The monoisotopic (exact) mass is 344 g/mol. The van der Waals surface area contributed by atoms with Gasteiger partial charge in [-0.2, -0.15) is 0 Å². The number of rotatable bonds is 3. The number of pyridine rings is 2. The summed E-state index contributed by atoms with van der Waals surface area (Å²) in [5, 5.41) is 2.15. The van der Waals surface area contributed by atoms with Crippen molar-refractivity contribution in [1.82, 2.24) is 9.97 Å². The first-order valence-corrected chi connectivity index (χ1v) is 9.24. The summed E-state index contributed by atoms with van der Waals surface area (Å²) in [5.74, 6) is 0.845. The van der Waals surface area contributed by atoms with E-state index in [1.807, 2.05) is 6.20 Å². The molecule has 4 aromatic rings. The van der Waals surface area contributed by atoms with Crippen LogP contribution < -0.4 is 0 Å². The lowest BCUT2D eigenvalue weighted by molar-refractivity contribution is 0.648. The molecule has 0 aliphatic carbocycles. The van der Waals surface area contributed by atoms with Gasteiger partial charge in [0.15, 0.2) is 0 Å². The van der Waals surface area contributed by atoms with Gasteiger partial charge < -0.3 is 4.42 Å². The van der Waals surface area contributed by atoms with Crippen LogP contribution in [0.3, 0.4) is 0 Å². The van der Waals surface area contributed by atoms with E-state index in [9.17, 15) is 0 Å². The first-order valence-electron chi connectivity index (χ1n) is 9.24. The van der Waals surface area contributed by atoms with Gasteiger partial charge in [-0.1, -0.05) is 39.8 Å². The van der Waals surface area contributed by atoms with Crippen LogP contribution in [-0.4, -0.2) is 9.97 Å². The van der Waals surface area contributed by atoms with Crippen LogP contribution in [-0.2, 0) is 0 Å². The number of furan rings is 1. The third-order valence-corrected chi connectivity index (χ3v) is 5.03. The Morgan fingerprint density at radius 1 is 0.923 bits per heavy atom. The molecule has 3 heterocycles. The van der Waals surface area contributed by atoms with Gasteiger partial charge in [-0.25, -0.2) is 4.98 Å². The molecule has 3 heteroatoms. The summed E-state index contributed by atoms with van der Waals surface area (Å²) in [4.78, 5) is 9.43. The number of fused-ring (bicyclic) bond motifs is 3. The van der Waals surface area contributed by atoms with Gasteiger partial charge in [0.2, 0.25) is 5.71 Å². The highest BCUT2D eigenvalue weighted by atomic mass is 16.3. The topological polar surface area (TPSA) is 38.9 Å². The van der Waals surface area contributed by atoms with E-state index >= 15 is 0 Å². The van der Waals surface area contributed by atoms with Crippen molar-refractivity contribution in [3.8, 4) is 11.3 Å². The Hall–Kier alpha value is -2.68. The molecule has 0 aliphatic rings. The van der Waals surface area contributed by atoms with Crippen LogP contribution in [0.1, 0.15) is 56.4 Å². The Morgan fingerprint density at radius 2 is 1.73 bits per heavy atom. The van der Waals surface area contributed by atoms with E-state index in [2.05, 4.69) is 71.0 Å². The van der Waals surface area contributed by atoms with Crippen LogP contribution in [0.25, 0.3) is 33.3 Å². The van der Waals surface area contributed by atoms with Crippen LogP contribution in [0.5, 0.6) is 0 Å². The second-order valence-corrected chi connectivity index (χ2v) is 7.61. The molecule has 0 saturated heterocycles. The largest absolute Gasteiger partial charge is 0.437 e. The van der Waals surface area contributed by atoms with E-state index in [0.29, 0.717) is 17.5 Å². The molecule has 0 spiro atoms. The Kier molecular flexibility index (Phi) is 4.03. The van der Waals surface area contributed by atoms with E-state index in [4.69, 9.17) is 14.4 Å². The summed E-state index contributed by atoms with van der Waals surface area (Å²) < 4.78 is 6.20. The van der Waals surface area contributed by atoms with E-state index in [-0.39, 0.29) is 0 Å². The van der Waals surface area contributed by atoms with Crippen molar-refractivity contribution < 1.29 is 4.42 Å². The van der Waals surface area contributed by atoms with Crippen LogP contribution in [0.2, 0.25) is 0 Å². The predicted molar refractivity (Wildman–Crippen MR) is 108 cm³/mol. The SMILES string of the molecule is Cc1cc(-c2cccc3c2oc2nc(C(C)C)ccc23)ncc1C(C)C. The fourth-order valence-electron chi connectivity index (χ4n) is 3.53. The van der Waals surface area contributed by atoms with Crippen molar-refractivity contribution >= 4 is 22.1 Å². The minimum atomic E-state index is 0.375. The van der Waals surface area contributed by atoms with Crippen molar-refractivity contribution in [3.05, 3.63) is 59.4 Å². The maximum Gasteiger partial charge on any atom is 0.227 e. The second kappa shape index (κ2) is 6.24. The number of hydrogen-bond donors (Lipinski definition) is 0. The number of aromatic nitrogens is 2. The molecule has 3 aromatic heterocycles. The fourth-order valence-corrected chi connectivity index (χ4v) is 3.53. The molecule has 0 amide bonds. The van der Waals surface area contributed by atoms with Gasteiger partial charge >= 0.3 is 0 Å². The molecule has 0 unspecified atom stereocenters. The summed E-state index contributed by atoms with van der Waals surface area (Å²) in [5.41, 5.74) is 7.13. The average Bonchev–Trinajstić information content (AvgIpc) is 2.99. The van der Waals surface area contributed by atoms with Crippen molar-refractivity contribution in [2.45, 2.75) is 46.5 Å². The molecule has 0 atom stereocenters. The summed E-state index contributed by atoms with van der Waals surface area (Å²) in [6, 6.07) is 12.6. The lowest BCUT2D eigenvalue weighted by atomic mass is 9.98.